The summed E-state index contributed by atoms with van der Waals surface area (Å²) in [6, 6.07) is 2.10. The van der Waals surface area contributed by atoms with E-state index in [0.717, 1.165) is 18.5 Å². The van der Waals surface area contributed by atoms with Crippen LogP contribution in [0.15, 0.2) is 0 Å². The number of thioether (sulfide) groups is 1. The SMILES string of the molecule is CCSCCC(C)N1CC(C(C)CC)NCC1C. The van der Waals surface area contributed by atoms with Crippen LogP contribution in [0.25, 0.3) is 0 Å². The molecule has 0 amide bonds. The van der Waals surface area contributed by atoms with Gasteiger partial charge in [-0.05, 0) is 37.7 Å². The second kappa shape index (κ2) is 8.44. The Kier molecular flexibility index (Phi) is 7.66. The van der Waals surface area contributed by atoms with E-state index in [9.17, 15) is 0 Å². The van der Waals surface area contributed by atoms with Crippen LogP contribution in [0.3, 0.4) is 0 Å². The average Bonchev–Trinajstić information content (AvgIpc) is 2.38. The number of rotatable bonds is 7. The largest absolute Gasteiger partial charge is 0.311 e. The van der Waals surface area contributed by atoms with Crippen molar-refractivity contribution in [2.45, 2.75) is 65.6 Å². The Hall–Kier alpha value is 0.270. The molecular weight excluding hydrogens is 240 g/mol. The highest BCUT2D eigenvalue weighted by Gasteiger charge is 2.30. The smallest absolute Gasteiger partial charge is 0.0221 e. The van der Waals surface area contributed by atoms with Crippen molar-refractivity contribution in [3.63, 3.8) is 0 Å². The molecule has 0 spiro atoms. The third-order valence-electron chi connectivity index (χ3n) is 4.43. The zero-order valence-electron chi connectivity index (χ0n) is 12.9. The van der Waals surface area contributed by atoms with Crippen molar-refractivity contribution in [2.75, 3.05) is 24.6 Å². The van der Waals surface area contributed by atoms with Crippen molar-refractivity contribution in [1.29, 1.82) is 0 Å². The third-order valence-corrected chi connectivity index (χ3v) is 5.36. The molecule has 2 nitrogen and oxygen atoms in total. The molecular formula is C15H32N2S. The highest BCUT2D eigenvalue weighted by molar-refractivity contribution is 7.99. The first kappa shape index (κ1) is 16.3. The molecule has 1 rings (SSSR count). The lowest BCUT2D eigenvalue weighted by Gasteiger charge is -2.44. The zero-order chi connectivity index (χ0) is 13.5. The van der Waals surface area contributed by atoms with Crippen LogP contribution in [0.2, 0.25) is 0 Å². The van der Waals surface area contributed by atoms with E-state index in [1.165, 1.54) is 30.9 Å². The summed E-state index contributed by atoms with van der Waals surface area (Å²) in [4.78, 5) is 2.73. The molecule has 4 unspecified atom stereocenters. The maximum atomic E-state index is 3.72. The predicted octanol–water partition coefficient (Wildman–Crippen LogP) is 3.23. The van der Waals surface area contributed by atoms with Crippen molar-refractivity contribution in [3.05, 3.63) is 0 Å². The molecule has 0 aromatic heterocycles. The van der Waals surface area contributed by atoms with Gasteiger partial charge in [-0.25, -0.2) is 0 Å². The minimum absolute atomic E-state index is 0.687. The van der Waals surface area contributed by atoms with Crippen LogP contribution in [0.4, 0.5) is 0 Å². The average molecular weight is 273 g/mol. The minimum Gasteiger partial charge on any atom is -0.311 e. The van der Waals surface area contributed by atoms with Gasteiger partial charge < -0.3 is 5.32 Å². The van der Waals surface area contributed by atoms with Gasteiger partial charge in [0.25, 0.3) is 0 Å². The fourth-order valence-corrected chi connectivity index (χ4v) is 3.55. The van der Waals surface area contributed by atoms with E-state index in [1.54, 1.807) is 0 Å². The second-order valence-corrected chi connectivity index (χ2v) is 7.17. The molecule has 1 heterocycles. The summed E-state index contributed by atoms with van der Waals surface area (Å²) in [6.45, 7) is 14.1. The van der Waals surface area contributed by atoms with E-state index in [0.29, 0.717) is 12.1 Å². The number of hydrogen-bond acceptors (Lipinski definition) is 3. The maximum absolute atomic E-state index is 3.72. The number of piperazine rings is 1. The molecule has 4 atom stereocenters. The van der Waals surface area contributed by atoms with Gasteiger partial charge in [0.05, 0.1) is 0 Å². The molecule has 0 bridgehead atoms. The molecule has 3 heteroatoms. The molecule has 0 aromatic carbocycles. The topological polar surface area (TPSA) is 15.3 Å². The molecule has 1 aliphatic rings. The first-order valence-corrected chi connectivity index (χ1v) is 8.82. The van der Waals surface area contributed by atoms with Gasteiger partial charge in [-0.2, -0.15) is 11.8 Å². The molecule has 0 saturated carbocycles. The summed E-state index contributed by atoms with van der Waals surface area (Å²) in [5.41, 5.74) is 0. The molecule has 108 valence electrons. The van der Waals surface area contributed by atoms with E-state index in [1.807, 2.05) is 0 Å². The molecule has 1 N–H and O–H groups in total. The van der Waals surface area contributed by atoms with Gasteiger partial charge in [-0.3, -0.25) is 4.90 Å². The van der Waals surface area contributed by atoms with Crippen molar-refractivity contribution < 1.29 is 0 Å². The Morgan fingerprint density at radius 3 is 2.67 bits per heavy atom. The van der Waals surface area contributed by atoms with Crippen molar-refractivity contribution in [1.82, 2.24) is 10.2 Å². The van der Waals surface area contributed by atoms with Crippen molar-refractivity contribution in [2.24, 2.45) is 5.92 Å². The Labute approximate surface area is 118 Å². The molecule has 1 fully saturated rings. The first-order valence-electron chi connectivity index (χ1n) is 7.66. The lowest BCUT2D eigenvalue weighted by atomic mass is 9.94. The minimum atomic E-state index is 0.687. The summed E-state index contributed by atoms with van der Waals surface area (Å²) in [5, 5.41) is 3.72. The third kappa shape index (κ3) is 4.75. The number of nitrogens with zero attached hydrogens (tertiary/aromatic N) is 1. The summed E-state index contributed by atoms with van der Waals surface area (Å²) in [6.07, 6.45) is 2.61. The normalized spacial score (nSPS) is 29.2. The van der Waals surface area contributed by atoms with Crippen molar-refractivity contribution >= 4 is 11.8 Å². The van der Waals surface area contributed by atoms with Gasteiger partial charge in [-0.1, -0.05) is 27.2 Å². The standard InChI is InChI=1S/C15H32N2S/c1-6-12(3)15-11-17(14(5)10-16-15)13(4)8-9-18-7-2/h12-16H,6-11H2,1-5H3. The molecule has 0 aliphatic carbocycles. The van der Waals surface area contributed by atoms with Crippen LogP contribution in [0.1, 0.15) is 47.5 Å². The van der Waals surface area contributed by atoms with Crippen molar-refractivity contribution in [3.8, 4) is 0 Å². The van der Waals surface area contributed by atoms with Crippen LogP contribution >= 0.6 is 11.8 Å². The molecule has 0 radical (unpaired) electrons. The second-order valence-electron chi connectivity index (χ2n) is 5.78. The van der Waals surface area contributed by atoms with E-state index >= 15 is 0 Å². The Morgan fingerprint density at radius 1 is 1.33 bits per heavy atom. The van der Waals surface area contributed by atoms with E-state index in [4.69, 9.17) is 0 Å². The monoisotopic (exact) mass is 272 g/mol. The molecule has 1 aliphatic heterocycles. The zero-order valence-corrected chi connectivity index (χ0v) is 13.7. The van der Waals surface area contributed by atoms with Gasteiger partial charge in [0.15, 0.2) is 0 Å². The van der Waals surface area contributed by atoms with E-state index < -0.39 is 0 Å². The highest BCUT2D eigenvalue weighted by Crippen LogP contribution is 2.19. The summed E-state index contributed by atoms with van der Waals surface area (Å²) < 4.78 is 0. The number of nitrogens with one attached hydrogen (secondary N) is 1. The Bertz CT molecular complexity index is 223. The van der Waals surface area contributed by atoms with Crippen LogP contribution in [0, 0.1) is 5.92 Å². The first-order chi connectivity index (χ1) is 8.60. The fraction of sp³-hybridized carbons (Fsp3) is 1.00. The lowest BCUT2D eigenvalue weighted by molar-refractivity contribution is 0.0808. The molecule has 0 aromatic rings. The van der Waals surface area contributed by atoms with E-state index in [-0.39, 0.29) is 0 Å². The van der Waals surface area contributed by atoms with Gasteiger partial charge in [0.1, 0.15) is 0 Å². The Morgan fingerprint density at radius 2 is 2.06 bits per heavy atom. The molecule has 18 heavy (non-hydrogen) atoms. The summed E-state index contributed by atoms with van der Waals surface area (Å²) >= 11 is 2.07. The van der Waals surface area contributed by atoms with Crippen LogP contribution < -0.4 is 5.32 Å². The van der Waals surface area contributed by atoms with Gasteiger partial charge in [0, 0.05) is 31.2 Å². The van der Waals surface area contributed by atoms with Gasteiger partial charge >= 0.3 is 0 Å². The highest BCUT2D eigenvalue weighted by atomic mass is 32.2. The summed E-state index contributed by atoms with van der Waals surface area (Å²) in [7, 11) is 0. The fourth-order valence-electron chi connectivity index (χ4n) is 2.75. The number of hydrogen-bond donors (Lipinski definition) is 1. The lowest BCUT2D eigenvalue weighted by Crippen LogP contribution is -2.59. The van der Waals surface area contributed by atoms with Crippen LogP contribution in [-0.4, -0.2) is 47.6 Å². The predicted molar refractivity (Wildman–Crippen MR) is 84.5 cm³/mol. The van der Waals surface area contributed by atoms with Crippen LogP contribution in [-0.2, 0) is 0 Å². The quantitative estimate of drug-likeness (QED) is 0.716. The Balaban J connectivity index is 2.45. The molecule has 1 saturated heterocycles. The van der Waals surface area contributed by atoms with Crippen LogP contribution in [0.5, 0.6) is 0 Å². The van der Waals surface area contributed by atoms with Gasteiger partial charge in [-0.15, -0.1) is 0 Å². The maximum Gasteiger partial charge on any atom is 0.0221 e. The van der Waals surface area contributed by atoms with E-state index in [2.05, 4.69) is 56.6 Å². The van der Waals surface area contributed by atoms with Gasteiger partial charge in [0.2, 0.25) is 0 Å². The summed E-state index contributed by atoms with van der Waals surface area (Å²) in [5.74, 6) is 3.35.